The van der Waals surface area contributed by atoms with E-state index in [0.29, 0.717) is 17.2 Å². The van der Waals surface area contributed by atoms with E-state index < -0.39 is 10.0 Å². The largest absolute Gasteiger partial charge is 0.348 e. The number of carbonyl (C=O) groups is 1. The number of anilines is 1. The molecule has 1 fully saturated rings. The van der Waals surface area contributed by atoms with Crippen molar-refractivity contribution in [3.8, 4) is 0 Å². The van der Waals surface area contributed by atoms with Crippen LogP contribution in [0.2, 0.25) is 0 Å². The SMILES string of the molecule is CC1CCNCC1NC(=O)c1ccc(NS(=O)(=O)c2ccccc2)cc1. The lowest BCUT2D eigenvalue weighted by molar-refractivity contribution is 0.0915. The lowest BCUT2D eigenvalue weighted by atomic mass is 9.94. The average Bonchev–Trinajstić information content (AvgIpc) is 2.64. The molecule has 1 aliphatic rings. The molecule has 1 aliphatic heterocycles. The van der Waals surface area contributed by atoms with Gasteiger partial charge in [0.25, 0.3) is 15.9 Å². The van der Waals surface area contributed by atoms with Gasteiger partial charge in [-0.15, -0.1) is 0 Å². The van der Waals surface area contributed by atoms with E-state index in [0.717, 1.165) is 19.5 Å². The average molecular weight is 373 g/mol. The van der Waals surface area contributed by atoms with Gasteiger partial charge in [-0.05, 0) is 55.3 Å². The summed E-state index contributed by atoms with van der Waals surface area (Å²) in [6.45, 7) is 3.87. The van der Waals surface area contributed by atoms with Gasteiger partial charge in [0.05, 0.1) is 4.90 Å². The van der Waals surface area contributed by atoms with Crippen LogP contribution in [0, 0.1) is 5.92 Å². The van der Waals surface area contributed by atoms with Gasteiger partial charge in [0.15, 0.2) is 0 Å². The summed E-state index contributed by atoms with van der Waals surface area (Å²) >= 11 is 0. The number of piperidine rings is 1. The van der Waals surface area contributed by atoms with Crippen molar-refractivity contribution < 1.29 is 13.2 Å². The van der Waals surface area contributed by atoms with E-state index in [-0.39, 0.29) is 16.8 Å². The van der Waals surface area contributed by atoms with Crippen molar-refractivity contribution in [2.45, 2.75) is 24.3 Å². The molecule has 2 aromatic carbocycles. The highest BCUT2D eigenvalue weighted by Gasteiger charge is 2.23. The predicted molar refractivity (Wildman–Crippen MR) is 102 cm³/mol. The molecule has 0 saturated carbocycles. The Bertz CT molecular complexity index is 851. The fraction of sp³-hybridized carbons (Fsp3) is 0.316. The van der Waals surface area contributed by atoms with E-state index in [9.17, 15) is 13.2 Å². The molecule has 0 radical (unpaired) electrons. The first-order valence-electron chi connectivity index (χ1n) is 8.65. The maximum atomic E-state index is 12.4. The number of sulfonamides is 1. The van der Waals surface area contributed by atoms with E-state index in [1.165, 1.54) is 12.1 Å². The van der Waals surface area contributed by atoms with Crippen LogP contribution in [0.1, 0.15) is 23.7 Å². The molecule has 26 heavy (non-hydrogen) atoms. The Balaban J connectivity index is 1.65. The summed E-state index contributed by atoms with van der Waals surface area (Å²) in [7, 11) is -3.64. The molecule has 7 heteroatoms. The zero-order valence-electron chi connectivity index (χ0n) is 14.6. The Morgan fingerprint density at radius 2 is 1.77 bits per heavy atom. The van der Waals surface area contributed by atoms with Crippen LogP contribution in [0.3, 0.4) is 0 Å². The molecule has 2 aromatic rings. The number of nitrogens with one attached hydrogen (secondary N) is 3. The van der Waals surface area contributed by atoms with Gasteiger partial charge in [0, 0.05) is 23.8 Å². The van der Waals surface area contributed by atoms with Crippen LogP contribution >= 0.6 is 0 Å². The van der Waals surface area contributed by atoms with Crippen molar-refractivity contribution in [1.82, 2.24) is 10.6 Å². The maximum Gasteiger partial charge on any atom is 0.261 e. The molecule has 0 bridgehead atoms. The Hall–Kier alpha value is -2.38. The van der Waals surface area contributed by atoms with Crippen LogP contribution in [-0.2, 0) is 10.0 Å². The highest BCUT2D eigenvalue weighted by Crippen LogP contribution is 2.17. The lowest BCUT2D eigenvalue weighted by Crippen LogP contribution is -2.50. The minimum Gasteiger partial charge on any atom is -0.348 e. The van der Waals surface area contributed by atoms with E-state index in [4.69, 9.17) is 0 Å². The lowest BCUT2D eigenvalue weighted by Gasteiger charge is -2.30. The predicted octanol–water partition coefficient (Wildman–Crippen LogP) is 2.22. The van der Waals surface area contributed by atoms with Gasteiger partial charge in [-0.3, -0.25) is 9.52 Å². The minimum atomic E-state index is -3.64. The van der Waals surface area contributed by atoms with E-state index in [2.05, 4.69) is 22.3 Å². The minimum absolute atomic E-state index is 0.104. The number of carbonyl (C=O) groups excluding carboxylic acids is 1. The first kappa shape index (κ1) is 18.4. The standard InChI is InChI=1S/C19H23N3O3S/c1-14-11-12-20-13-18(14)21-19(23)15-7-9-16(10-8-15)22-26(24,25)17-5-3-2-4-6-17/h2-10,14,18,20,22H,11-13H2,1H3,(H,21,23). The van der Waals surface area contributed by atoms with Crippen LogP contribution in [0.25, 0.3) is 0 Å². The normalized spacial score (nSPS) is 20.3. The zero-order valence-corrected chi connectivity index (χ0v) is 15.4. The second-order valence-corrected chi connectivity index (χ2v) is 8.23. The third kappa shape index (κ3) is 4.42. The molecule has 1 saturated heterocycles. The third-order valence-electron chi connectivity index (χ3n) is 4.60. The van der Waals surface area contributed by atoms with Gasteiger partial charge in [0.2, 0.25) is 0 Å². The number of rotatable bonds is 5. The van der Waals surface area contributed by atoms with Crippen molar-refractivity contribution in [3.05, 3.63) is 60.2 Å². The second-order valence-electron chi connectivity index (χ2n) is 6.55. The molecular weight excluding hydrogens is 350 g/mol. The Labute approximate surface area is 154 Å². The Morgan fingerprint density at radius 1 is 1.08 bits per heavy atom. The van der Waals surface area contributed by atoms with Gasteiger partial charge >= 0.3 is 0 Å². The van der Waals surface area contributed by atoms with Gasteiger partial charge in [-0.1, -0.05) is 25.1 Å². The summed E-state index contributed by atoms with van der Waals surface area (Å²) in [5, 5.41) is 6.32. The van der Waals surface area contributed by atoms with E-state index >= 15 is 0 Å². The van der Waals surface area contributed by atoms with Crippen molar-refractivity contribution in [2.75, 3.05) is 17.8 Å². The molecule has 2 unspecified atom stereocenters. The molecule has 3 N–H and O–H groups in total. The Kier molecular flexibility index (Phi) is 5.58. The van der Waals surface area contributed by atoms with Crippen molar-refractivity contribution in [2.24, 2.45) is 5.92 Å². The third-order valence-corrected chi connectivity index (χ3v) is 5.99. The molecule has 6 nitrogen and oxygen atoms in total. The maximum absolute atomic E-state index is 12.4. The first-order valence-corrected chi connectivity index (χ1v) is 10.1. The Morgan fingerprint density at radius 3 is 2.42 bits per heavy atom. The van der Waals surface area contributed by atoms with Crippen molar-refractivity contribution in [1.29, 1.82) is 0 Å². The molecule has 2 atom stereocenters. The van der Waals surface area contributed by atoms with Gasteiger partial charge in [-0.25, -0.2) is 8.42 Å². The molecule has 0 aromatic heterocycles. The van der Waals surface area contributed by atoms with Crippen LogP contribution in [0.4, 0.5) is 5.69 Å². The van der Waals surface area contributed by atoms with Gasteiger partial charge in [0.1, 0.15) is 0 Å². The summed E-state index contributed by atoms with van der Waals surface area (Å²) in [5.41, 5.74) is 0.920. The smallest absolute Gasteiger partial charge is 0.261 e. The summed E-state index contributed by atoms with van der Waals surface area (Å²) in [6, 6.07) is 14.7. The number of benzene rings is 2. The van der Waals surface area contributed by atoms with Crippen molar-refractivity contribution >= 4 is 21.6 Å². The van der Waals surface area contributed by atoms with E-state index in [1.54, 1.807) is 42.5 Å². The first-order chi connectivity index (χ1) is 12.5. The van der Waals surface area contributed by atoms with Crippen LogP contribution < -0.4 is 15.4 Å². The monoisotopic (exact) mass is 373 g/mol. The van der Waals surface area contributed by atoms with E-state index in [1.807, 2.05) is 0 Å². The zero-order chi connectivity index (χ0) is 18.6. The highest BCUT2D eigenvalue weighted by molar-refractivity contribution is 7.92. The van der Waals surface area contributed by atoms with Gasteiger partial charge < -0.3 is 10.6 Å². The quantitative estimate of drug-likeness (QED) is 0.750. The summed E-state index contributed by atoms with van der Waals surface area (Å²) in [5.74, 6) is 0.278. The second kappa shape index (κ2) is 7.88. The molecule has 0 aliphatic carbocycles. The number of amides is 1. The fourth-order valence-electron chi connectivity index (χ4n) is 2.94. The van der Waals surface area contributed by atoms with Crippen LogP contribution in [0.15, 0.2) is 59.5 Å². The summed E-state index contributed by atoms with van der Waals surface area (Å²) < 4.78 is 27.2. The highest BCUT2D eigenvalue weighted by atomic mass is 32.2. The summed E-state index contributed by atoms with van der Waals surface area (Å²) in [6.07, 6.45) is 1.03. The van der Waals surface area contributed by atoms with Crippen LogP contribution in [-0.4, -0.2) is 33.5 Å². The topological polar surface area (TPSA) is 87.3 Å². The molecular formula is C19H23N3O3S. The van der Waals surface area contributed by atoms with Gasteiger partial charge in [-0.2, -0.15) is 0 Å². The fourth-order valence-corrected chi connectivity index (χ4v) is 4.02. The van der Waals surface area contributed by atoms with Crippen LogP contribution in [0.5, 0.6) is 0 Å². The summed E-state index contributed by atoms with van der Waals surface area (Å²) in [4.78, 5) is 12.6. The molecule has 1 heterocycles. The number of hydrogen-bond donors (Lipinski definition) is 3. The van der Waals surface area contributed by atoms with Crippen molar-refractivity contribution in [3.63, 3.8) is 0 Å². The molecule has 138 valence electrons. The molecule has 3 rings (SSSR count). The molecule has 1 amide bonds. The number of hydrogen-bond acceptors (Lipinski definition) is 4. The molecule has 0 spiro atoms.